The molecule has 1 aliphatic heterocycles. The summed E-state index contributed by atoms with van der Waals surface area (Å²) in [5.74, 6) is -0.981. The molecule has 0 aromatic heterocycles. The summed E-state index contributed by atoms with van der Waals surface area (Å²) >= 11 is 0. The molecule has 0 spiro atoms. The maximum atomic E-state index is 10.2. The second-order valence-electron chi connectivity index (χ2n) is 1.80. The number of hydrogen-bond acceptors (Lipinski definition) is 3. The molecule has 1 heterocycles. The first kappa shape index (κ1) is 6.10. The maximum Gasteiger partial charge on any atom is 0.335 e. The third kappa shape index (κ3) is 1.02. The van der Waals surface area contributed by atoms with Crippen LogP contribution >= 0.6 is 0 Å². The van der Waals surface area contributed by atoms with Crippen LogP contribution in [0.4, 0.5) is 0 Å². The Bertz CT molecular complexity index is 173. The Morgan fingerprint density at radius 1 is 1.67 bits per heavy atom. The minimum absolute atomic E-state index is 0.140. The van der Waals surface area contributed by atoms with Crippen LogP contribution in [0.1, 0.15) is 0 Å². The van der Waals surface area contributed by atoms with Gasteiger partial charge in [-0.2, -0.15) is 0 Å². The van der Waals surface area contributed by atoms with E-state index in [2.05, 4.69) is 0 Å². The normalized spacial score (nSPS) is 18.7. The van der Waals surface area contributed by atoms with Crippen molar-refractivity contribution in [1.29, 1.82) is 0 Å². The van der Waals surface area contributed by atoms with Gasteiger partial charge in [-0.25, -0.2) is 4.79 Å². The van der Waals surface area contributed by atoms with Gasteiger partial charge in [0, 0.05) is 5.70 Å². The van der Waals surface area contributed by atoms with Crippen LogP contribution in [0.2, 0.25) is 0 Å². The second kappa shape index (κ2) is 2.06. The van der Waals surface area contributed by atoms with Gasteiger partial charge in [-0.1, -0.05) is 0 Å². The zero-order chi connectivity index (χ0) is 6.85. The maximum absolute atomic E-state index is 10.2. The fourth-order valence-electron chi connectivity index (χ4n) is 0.642. The summed E-state index contributed by atoms with van der Waals surface area (Å²) in [7, 11) is 0. The molecule has 1 aliphatic rings. The lowest BCUT2D eigenvalue weighted by Crippen LogP contribution is -2.07. The summed E-state index contributed by atoms with van der Waals surface area (Å²) in [6.07, 6.45) is 0. The van der Waals surface area contributed by atoms with Crippen LogP contribution in [0.5, 0.6) is 0 Å². The van der Waals surface area contributed by atoms with E-state index in [1.807, 2.05) is 0 Å². The van der Waals surface area contributed by atoms with E-state index in [1.54, 1.807) is 0 Å². The van der Waals surface area contributed by atoms with Gasteiger partial charge in [0.2, 0.25) is 0 Å². The number of nitrogens with two attached hydrogens (primary N) is 1. The van der Waals surface area contributed by atoms with Gasteiger partial charge in [0.25, 0.3) is 0 Å². The molecule has 9 heavy (non-hydrogen) atoms. The third-order valence-corrected chi connectivity index (χ3v) is 1.15. The topological polar surface area (TPSA) is 72.6 Å². The smallest absolute Gasteiger partial charge is 0.335 e. The van der Waals surface area contributed by atoms with Crippen LogP contribution in [-0.4, -0.2) is 24.3 Å². The van der Waals surface area contributed by atoms with Crippen molar-refractivity contribution in [1.82, 2.24) is 0 Å². The minimum Gasteiger partial charge on any atom is -0.478 e. The third-order valence-electron chi connectivity index (χ3n) is 1.15. The van der Waals surface area contributed by atoms with Gasteiger partial charge < -0.3 is 15.6 Å². The van der Waals surface area contributed by atoms with Crippen LogP contribution in [0.3, 0.4) is 0 Å². The Labute approximate surface area is 51.9 Å². The van der Waals surface area contributed by atoms with Crippen molar-refractivity contribution in [3.63, 3.8) is 0 Å². The highest BCUT2D eigenvalue weighted by Crippen LogP contribution is 2.08. The zero-order valence-corrected chi connectivity index (χ0v) is 4.76. The number of carbonyl (C=O) groups is 1. The number of rotatable bonds is 1. The fourth-order valence-corrected chi connectivity index (χ4v) is 0.642. The van der Waals surface area contributed by atoms with Gasteiger partial charge in [-0.15, -0.1) is 0 Å². The molecule has 0 bridgehead atoms. The van der Waals surface area contributed by atoms with Crippen molar-refractivity contribution < 1.29 is 14.6 Å². The molecule has 4 nitrogen and oxygen atoms in total. The number of aliphatic carboxylic acids is 1. The highest BCUT2D eigenvalue weighted by Gasteiger charge is 2.17. The van der Waals surface area contributed by atoms with E-state index in [-0.39, 0.29) is 18.8 Å². The summed E-state index contributed by atoms with van der Waals surface area (Å²) in [6.45, 7) is 0.392. The molecule has 4 heteroatoms. The molecule has 0 radical (unpaired) electrons. The molecule has 0 unspecified atom stereocenters. The SMILES string of the molecule is NC1=C(C(=O)O)COC1. The highest BCUT2D eigenvalue weighted by molar-refractivity contribution is 5.88. The van der Waals surface area contributed by atoms with Crippen molar-refractivity contribution >= 4 is 5.97 Å². The molecule has 50 valence electrons. The van der Waals surface area contributed by atoms with E-state index in [0.29, 0.717) is 5.70 Å². The monoisotopic (exact) mass is 129 g/mol. The molecule has 0 fully saturated rings. The van der Waals surface area contributed by atoms with Crippen LogP contribution < -0.4 is 5.73 Å². The van der Waals surface area contributed by atoms with Gasteiger partial charge in [0.15, 0.2) is 0 Å². The fraction of sp³-hybridized carbons (Fsp3) is 0.400. The van der Waals surface area contributed by atoms with Crippen molar-refractivity contribution in [3.05, 3.63) is 11.3 Å². The average Bonchev–Trinajstić information content (AvgIpc) is 2.13. The zero-order valence-electron chi connectivity index (χ0n) is 4.76. The van der Waals surface area contributed by atoms with E-state index in [1.165, 1.54) is 0 Å². The molecule has 0 atom stereocenters. The van der Waals surface area contributed by atoms with Crippen LogP contribution in [0, 0.1) is 0 Å². The lowest BCUT2D eigenvalue weighted by molar-refractivity contribution is -0.133. The molecule has 0 aliphatic carbocycles. The average molecular weight is 129 g/mol. The molecule has 0 aromatic rings. The van der Waals surface area contributed by atoms with E-state index in [4.69, 9.17) is 15.6 Å². The van der Waals surface area contributed by atoms with E-state index < -0.39 is 5.97 Å². The van der Waals surface area contributed by atoms with Crippen molar-refractivity contribution in [2.24, 2.45) is 5.73 Å². The number of hydrogen-bond donors (Lipinski definition) is 2. The summed E-state index contributed by atoms with van der Waals surface area (Å²) in [6, 6.07) is 0. The first-order valence-corrected chi connectivity index (χ1v) is 2.50. The largest absolute Gasteiger partial charge is 0.478 e. The molecule has 0 saturated carbocycles. The molecular formula is C5H7NO3. The molecular weight excluding hydrogens is 122 g/mol. The number of carboxylic acids is 1. The van der Waals surface area contributed by atoms with Crippen molar-refractivity contribution in [2.75, 3.05) is 13.2 Å². The Morgan fingerprint density at radius 2 is 2.33 bits per heavy atom. The Morgan fingerprint density at radius 3 is 2.56 bits per heavy atom. The van der Waals surface area contributed by atoms with E-state index >= 15 is 0 Å². The number of carboxylic acid groups (broad SMARTS) is 1. The highest BCUT2D eigenvalue weighted by atomic mass is 16.5. The van der Waals surface area contributed by atoms with E-state index in [9.17, 15) is 4.79 Å². The van der Waals surface area contributed by atoms with Crippen LogP contribution in [0.15, 0.2) is 11.3 Å². The first-order chi connectivity index (χ1) is 4.22. The predicted octanol–water partition coefficient (Wildman–Crippen LogP) is -0.686. The van der Waals surface area contributed by atoms with Crippen LogP contribution in [0.25, 0.3) is 0 Å². The minimum atomic E-state index is -0.981. The Hall–Kier alpha value is -1.03. The summed E-state index contributed by atoms with van der Waals surface area (Å²) in [5, 5.41) is 8.37. The lowest BCUT2D eigenvalue weighted by atomic mass is 10.2. The standard InChI is InChI=1S/C5H7NO3/c6-4-2-9-1-3(4)5(7)8/h1-2,6H2,(H,7,8). The first-order valence-electron chi connectivity index (χ1n) is 2.50. The van der Waals surface area contributed by atoms with Gasteiger partial charge in [0.05, 0.1) is 18.8 Å². The lowest BCUT2D eigenvalue weighted by Gasteiger charge is -1.90. The Balaban J connectivity index is 2.78. The summed E-state index contributed by atoms with van der Waals surface area (Å²) < 4.78 is 4.75. The summed E-state index contributed by atoms with van der Waals surface area (Å²) in [4.78, 5) is 10.2. The van der Waals surface area contributed by atoms with Gasteiger partial charge in [0.1, 0.15) is 0 Å². The van der Waals surface area contributed by atoms with Crippen LogP contribution in [-0.2, 0) is 9.53 Å². The Kier molecular flexibility index (Phi) is 1.40. The van der Waals surface area contributed by atoms with Crippen molar-refractivity contribution in [2.45, 2.75) is 0 Å². The van der Waals surface area contributed by atoms with Gasteiger partial charge in [-0.3, -0.25) is 0 Å². The summed E-state index contributed by atoms with van der Waals surface area (Å²) in [5.41, 5.74) is 5.78. The molecule has 0 saturated heterocycles. The second-order valence-corrected chi connectivity index (χ2v) is 1.80. The van der Waals surface area contributed by atoms with Crippen molar-refractivity contribution in [3.8, 4) is 0 Å². The van der Waals surface area contributed by atoms with Gasteiger partial charge in [-0.05, 0) is 0 Å². The molecule has 1 rings (SSSR count). The molecule has 0 aromatic carbocycles. The molecule has 0 amide bonds. The van der Waals surface area contributed by atoms with E-state index in [0.717, 1.165) is 0 Å². The molecule has 3 N–H and O–H groups in total. The quantitative estimate of drug-likeness (QED) is 0.491. The number of ether oxygens (including phenoxy) is 1. The predicted molar refractivity (Wildman–Crippen MR) is 29.7 cm³/mol. The van der Waals surface area contributed by atoms with Gasteiger partial charge >= 0.3 is 5.97 Å².